The van der Waals surface area contributed by atoms with E-state index in [4.69, 9.17) is 5.73 Å². The van der Waals surface area contributed by atoms with Crippen molar-refractivity contribution in [2.24, 2.45) is 5.73 Å². The van der Waals surface area contributed by atoms with Crippen molar-refractivity contribution in [3.63, 3.8) is 0 Å². The molecule has 0 unspecified atom stereocenters. The molecule has 0 heterocycles. The Bertz CT molecular complexity index is 477. The first-order chi connectivity index (χ1) is 8.76. The zero-order chi connectivity index (χ0) is 14.5. The quantitative estimate of drug-likeness (QED) is 0.791. The third kappa shape index (κ3) is 6.15. The molecular weight excluding hydrogens is 267 g/mol. The molecule has 0 saturated carbocycles. The van der Waals surface area contributed by atoms with E-state index in [0.29, 0.717) is 0 Å². The van der Waals surface area contributed by atoms with E-state index in [0.717, 1.165) is 0 Å². The number of amides is 3. The summed E-state index contributed by atoms with van der Waals surface area (Å²) < 4.78 is 39.3. The summed E-state index contributed by atoms with van der Waals surface area (Å²) in [6, 6.07) is 4.85. The number of nitrogens with two attached hydrogens (primary N) is 1. The molecule has 1 aromatic carbocycles. The number of rotatable bonds is 3. The van der Waals surface area contributed by atoms with Gasteiger partial charge in [-0.1, -0.05) is 6.07 Å². The molecule has 19 heavy (non-hydrogen) atoms. The predicted molar refractivity (Wildman–Crippen MR) is 60.7 cm³/mol. The molecule has 1 rings (SSSR count). The highest BCUT2D eigenvalue weighted by atomic mass is 19.4. The molecule has 0 aliphatic rings. The Labute approximate surface area is 105 Å². The first-order valence-corrected chi connectivity index (χ1v) is 4.93. The second kappa shape index (κ2) is 5.94. The van der Waals surface area contributed by atoms with Gasteiger partial charge in [-0.15, -0.1) is 0 Å². The lowest BCUT2D eigenvalue weighted by Gasteiger charge is -2.10. The van der Waals surface area contributed by atoms with Crippen molar-refractivity contribution in [2.45, 2.75) is 6.18 Å². The monoisotopic (exact) mass is 277 g/mol. The molecule has 0 bridgehead atoms. The number of hydrogen-bond acceptors (Lipinski definition) is 3. The molecule has 0 radical (unpaired) electrons. The van der Waals surface area contributed by atoms with E-state index < -0.39 is 24.9 Å². The maximum Gasteiger partial charge on any atom is 0.422 e. The van der Waals surface area contributed by atoms with Crippen LogP contribution < -0.4 is 16.4 Å². The standard InChI is InChI=1S/C10H10F3N3O3/c11-10(12,13)5-19-9(18)16-7-3-1-2-6(4-7)15-8(14)17/h1-4H,5H2,(H,16,18)(H3,14,15,17). The van der Waals surface area contributed by atoms with Gasteiger partial charge >= 0.3 is 18.3 Å². The summed E-state index contributed by atoms with van der Waals surface area (Å²) in [6.07, 6.45) is -5.85. The summed E-state index contributed by atoms with van der Waals surface area (Å²) in [5.74, 6) is 0. The van der Waals surface area contributed by atoms with Crippen LogP contribution in [-0.4, -0.2) is 24.9 Å². The van der Waals surface area contributed by atoms with Crippen LogP contribution in [0.3, 0.4) is 0 Å². The van der Waals surface area contributed by atoms with Crippen LogP contribution in [0.25, 0.3) is 0 Å². The molecule has 0 aromatic heterocycles. The van der Waals surface area contributed by atoms with Gasteiger partial charge in [-0.2, -0.15) is 13.2 Å². The highest BCUT2D eigenvalue weighted by Crippen LogP contribution is 2.17. The van der Waals surface area contributed by atoms with Gasteiger partial charge in [0.25, 0.3) is 0 Å². The minimum absolute atomic E-state index is 0.151. The number of urea groups is 1. The molecule has 4 N–H and O–H groups in total. The van der Waals surface area contributed by atoms with Gasteiger partial charge in [0.1, 0.15) is 0 Å². The van der Waals surface area contributed by atoms with Gasteiger partial charge in [0.15, 0.2) is 6.61 Å². The maximum atomic E-state index is 11.8. The van der Waals surface area contributed by atoms with E-state index in [1.807, 2.05) is 0 Å². The second-order valence-electron chi connectivity index (χ2n) is 3.39. The maximum absolute atomic E-state index is 11.8. The fourth-order valence-corrected chi connectivity index (χ4v) is 1.12. The molecule has 3 amide bonds. The lowest BCUT2D eigenvalue weighted by atomic mass is 10.3. The number of benzene rings is 1. The number of ether oxygens (including phenoxy) is 1. The van der Waals surface area contributed by atoms with Crippen molar-refractivity contribution >= 4 is 23.5 Å². The summed E-state index contributed by atoms with van der Waals surface area (Å²) in [5, 5.41) is 4.32. The van der Waals surface area contributed by atoms with E-state index in [-0.39, 0.29) is 11.4 Å². The molecule has 0 aliphatic heterocycles. The van der Waals surface area contributed by atoms with Gasteiger partial charge in [-0.25, -0.2) is 9.59 Å². The fourth-order valence-electron chi connectivity index (χ4n) is 1.12. The van der Waals surface area contributed by atoms with Crippen molar-refractivity contribution in [1.29, 1.82) is 0 Å². The topological polar surface area (TPSA) is 93.5 Å². The first kappa shape index (κ1) is 14.6. The number of carbonyl (C=O) groups is 2. The minimum Gasteiger partial charge on any atom is -0.440 e. The Hall–Kier alpha value is -2.45. The third-order valence-electron chi connectivity index (χ3n) is 1.74. The molecule has 6 nitrogen and oxygen atoms in total. The molecule has 1 aromatic rings. The van der Waals surface area contributed by atoms with Crippen LogP contribution in [0.5, 0.6) is 0 Å². The first-order valence-electron chi connectivity index (χ1n) is 4.93. The number of hydrogen-bond donors (Lipinski definition) is 3. The Morgan fingerprint density at radius 1 is 1.21 bits per heavy atom. The molecule has 104 valence electrons. The molecular formula is C10H10F3N3O3. The summed E-state index contributed by atoms with van der Waals surface area (Å²) in [6.45, 7) is -1.68. The summed E-state index contributed by atoms with van der Waals surface area (Å²) in [5.41, 5.74) is 5.31. The van der Waals surface area contributed by atoms with E-state index in [1.54, 1.807) is 0 Å². The van der Waals surface area contributed by atoms with Crippen LogP contribution in [0.2, 0.25) is 0 Å². The van der Waals surface area contributed by atoms with E-state index in [1.165, 1.54) is 24.3 Å². The lowest BCUT2D eigenvalue weighted by molar-refractivity contribution is -0.159. The van der Waals surface area contributed by atoms with Gasteiger partial charge in [0.2, 0.25) is 0 Å². The highest BCUT2D eigenvalue weighted by Gasteiger charge is 2.29. The van der Waals surface area contributed by atoms with Crippen LogP contribution in [-0.2, 0) is 4.74 Å². The highest BCUT2D eigenvalue weighted by molar-refractivity contribution is 5.90. The Morgan fingerprint density at radius 3 is 2.32 bits per heavy atom. The predicted octanol–water partition coefficient (Wildman–Crippen LogP) is 2.29. The summed E-state index contributed by atoms with van der Waals surface area (Å²) in [7, 11) is 0. The Balaban J connectivity index is 2.57. The number of alkyl halides is 3. The fraction of sp³-hybridized carbons (Fsp3) is 0.200. The second-order valence-corrected chi connectivity index (χ2v) is 3.39. The average Bonchev–Trinajstić information content (AvgIpc) is 2.25. The molecule has 0 spiro atoms. The zero-order valence-corrected chi connectivity index (χ0v) is 9.45. The van der Waals surface area contributed by atoms with Gasteiger partial charge in [-0.3, -0.25) is 5.32 Å². The largest absolute Gasteiger partial charge is 0.440 e. The number of halogens is 3. The van der Waals surface area contributed by atoms with Crippen LogP contribution in [0.1, 0.15) is 0 Å². The lowest BCUT2D eigenvalue weighted by Crippen LogP contribution is -2.23. The minimum atomic E-state index is -4.59. The van der Waals surface area contributed by atoms with Crippen LogP contribution >= 0.6 is 0 Å². The van der Waals surface area contributed by atoms with Crippen molar-refractivity contribution in [3.05, 3.63) is 24.3 Å². The molecule has 0 saturated heterocycles. The molecule has 0 fully saturated rings. The van der Waals surface area contributed by atoms with E-state index in [9.17, 15) is 22.8 Å². The van der Waals surface area contributed by atoms with Crippen molar-refractivity contribution in [1.82, 2.24) is 0 Å². The zero-order valence-electron chi connectivity index (χ0n) is 9.45. The molecule has 9 heteroatoms. The van der Waals surface area contributed by atoms with Crippen molar-refractivity contribution in [3.8, 4) is 0 Å². The van der Waals surface area contributed by atoms with Gasteiger partial charge in [0.05, 0.1) is 0 Å². The molecule has 0 aliphatic carbocycles. The van der Waals surface area contributed by atoms with Crippen molar-refractivity contribution in [2.75, 3.05) is 17.2 Å². The SMILES string of the molecule is NC(=O)Nc1cccc(NC(=O)OCC(F)(F)F)c1. The average molecular weight is 277 g/mol. The third-order valence-corrected chi connectivity index (χ3v) is 1.74. The van der Waals surface area contributed by atoms with Gasteiger partial charge < -0.3 is 15.8 Å². The van der Waals surface area contributed by atoms with Gasteiger partial charge in [0, 0.05) is 11.4 Å². The van der Waals surface area contributed by atoms with E-state index in [2.05, 4.69) is 15.4 Å². The van der Waals surface area contributed by atoms with Crippen molar-refractivity contribution < 1.29 is 27.5 Å². The Morgan fingerprint density at radius 2 is 1.79 bits per heavy atom. The Kier molecular flexibility index (Phi) is 4.56. The van der Waals surface area contributed by atoms with E-state index >= 15 is 0 Å². The van der Waals surface area contributed by atoms with Crippen LogP contribution in [0.4, 0.5) is 34.1 Å². The smallest absolute Gasteiger partial charge is 0.422 e. The summed E-state index contributed by atoms with van der Waals surface area (Å²) >= 11 is 0. The van der Waals surface area contributed by atoms with Crippen LogP contribution in [0.15, 0.2) is 24.3 Å². The normalized spacial score (nSPS) is 10.7. The molecule has 0 atom stereocenters. The number of nitrogens with one attached hydrogen (secondary N) is 2. The van der Waals surface area contributed by atoms with Gasteiger partial charge in [-0.05, 0) is 18.2 Å². The number of carbonyl (C=O) groups excluding carboxylic acids is 2. The number of anilines is 2. The number of primary amides is 1. The summed E-state index contributed by atoms with van der Waals surface area (Å²) in [4.78, 5) is 21.6. The van der Waals surface area contributed by atoms with Crippen LogP contribution in [0, 0.1) is 0 Å².